The third-order valence-corrected chi connectivity index (χ3v) is 6.02. The highest BCUT2D eigenvalue weighted by molar-refractivity contribution is 7.47. The minimum absolute atomic E-state index is 0.0600. The van der Waals surface area contributed by atoms with Crippen LogP contribution in [0.15, 0.2) is 30.6 Å². The zero-order chi connectivity index (χ0) is 21.8. The molecule has 1 heterocycles. The van der Waals surface area contributed by atoms with Crippen molar-refractivity contribution in [3.05, 3.63) is 30.6 Å². The summed E-state index contributed by atoms with van der Waals surface area (Å²) in [5.74, 6) is 0. The van der Waals surface area contributed by atoms with Crippen molar-refractivity contribution in [1.82, 2.24) is 0 Å². The molecule has 0 fully saturated rings. The second-order valence-electron chi connectivity index (χ2n) is 7.75. The van der Waals surface area contributed by atoms with Gasteiger partial charge in [-0.15, -0.1) is 0 Å². The number of aromatic nitrogens is 1. The van der Waals surface area contributed by atoms with Crippen molar-refractivity contribution in [1.29, 1.82) is 0 Å². The number of hydrogen-bond donors (Lipinski definition) is 1. The summed E-state index contributed by atoms with van der Waals surface area (Å²) < 4.78 is 29.1. The molecule has 30 heavy (non-hydrogen) atoms. The number of pyridine rings is 1. The molecule has 0 bridgehead atoms. The SMILES string of the molecule is CCCCCCCCCCCCCCOCCOP(=O)(O)OCC[n+]1ccccc1. The van der Waals surface area contributed by atoms with E-state index in [1.807, 2.05) is 35.2 Å². The Balaban J connectivity index is 1.82. The summed E-state index contributed by atoms with van der Waals surface area (Å²) in [7, 11) is -4.01. The summed E-state index contributed by atoms with van der Waals surface area (Å²) in [6.45, 7) is 3.90. The molecule has 1 atom stereocenters. The van der Waals surface area contributed by atoms with E-state index in [1.54, 1.807) is 0 Å². The molecular formula is C23H43NO5P+. The molecule has 0 radical (unpaired) electrons. The lowest BCUT2D eigenvalue weighted by molar-refractivity contribution is -0.697. The predicted octanol–water partition coefficient (Wildman–Crippen LogP) is 5.83. The Morgan fingerprint density at radius 2 is 1.23 bits per heavy atom. The number of phosphoric ester groups is 1. The minimum Gasteiger partial charge on any atom is -0.379 e. The molecule has 0 aliphatic heterocycles. The zero-order valence-electron chi connectivity index (χ0n) is 18.9. The van der Waals surface area contributed by atoms with Crippen molar-refractivity contribution in [2.75, 3.05) is 26.4 Å². The van der Waals surface area contributed by atoms with E-state index in [9.17, 15) is 9.46 Å². The average Bonchev–Trinajstić information content (AvgIpc) is 2.74. The van der Waals surface area contributed by atoms with E-state index < -0.39 is 7.82 Å². The molecule has 0 aliphatic carbocycles. The van der Waals surface area contributed by atoms with E-state index in [1.165, 1.54) is 70.6 Å². The fourth-order valence-corrected chi connectivity index (χ4v) is 3.93. The fourth-order valence-electron chi connectivity index (χ4n) is 3.24. The lowest BCUT2D eigenvalue weighted by Crippen LogP contribution is -2.34. The van der Waals surface area contributed by atoms with Crippen molar-refractivity contribution in [3.63, 3.8) is 0 Å². The molecule has 1 rings (SSSR count). The summed E-state index contributed by atoms with van der Waals surface area (Å²) in [5, 5.41) is 0. The standard InChI is InChI=1S/C23H42NO5P/c1-2-3-4-5-6-7-8-9-10-11-12-16-20-27-22-23-29-30(25,26)28-21-19-24-17-14-13-15-18-24/h13-15,17-18H,2-12,16,19-23H2,1H3/p+1. The maximum Gasteiger partial charge on any atom is 0.472 e. The Bertz CT molecular complexity index is 544. The van der Waals surface area contributed by atoms with Gasteiger partial charge in [0, 0.05) is 18.7 Å². The van der Waals surface area contributed by atoms with Crippen molar-refractivity contribution < 1.29 is 27.8 Å². The Kier molecular flexibility index (Phi) is 17.2. The van der Waals surface area contributed by atoms with Crippen LogP contribution in [0.2, 0.25) is 0 Å². The number of phosphoric acid groups is 1. The van der Waals surface area contributed by atoms with Crippen LogP contribution in [0.4, 0.5) is 0 Å². The molecule has 0 aromatic carbocycles. The lowest BCUT2D eigenvalue weighted by Gasteiger charge is -2.11. The molecule has 0 amide bonds. The Morgan fingerprint density at radius 3 is 1.83 bits per heavy atom. The fraction of sp³-hybridized carbons (Fsp3) is 0.783. The van der Waals surface area contributed by atoms with Gasteiger partial charge in [0.25, 0.3) is 0 Å². The first kappa shape index (κ1) is 27.3. The molecule has 1 unspecified atom stereocenters. The van der Waals surface area contributed by atoms with E-state index in [-0.39, 0.29) is 13.2 Å². The van der Waals surface area contributed by atoms with Gasteiger partial charge >= 0.3 is 7.82 Å². The van der Waals surface area contributed by atoms with E-state index in [2.05, 4.69) is 6.92 Å². The molecule has 0 spiro atoms. The van der Waals surface area contributed by atoms with Gasteiger partial charge in [-0.05, 0) is 6.42 Å². The second-order valence-corrected chi connectivity index (χ2v) is 9.20. The summed E-state index contributed by atoms with van der Waals surface area (Å²) in [4.78, 5) is 9.65. The van der Waals surface area contributed by atoms with Gasteiger partial charge in [0.05, 0.1) is 13.2 Å². The third kappa shape index (κ3) is 17.0. The third-order valence-electron chi connectivity index (χ3n) is 5.01. The number of nitrogens with zero attached hydrogens (tertiary/aromatic N) is 1. The normalized spacial score (nSPS) is 13.4. The monoisotopic (exact) mass is 444 g/mol. The summed E-state index contributed by atoms with van der Waals surface area (Å²) >= 11 is 0. The van der Waals surface area contributed by atoms with Crippen LogP contribution in [0, 0.1) is 0 Å². The highest BCUT2D eigenvalue weighted by atomic mass is 31.2. The molecule has 0 aliphatic rings. The minimum atomic E-state index is -4.01. The van der Waals surface area contributed by atoms with E-state index in [0.717, 1.165) is 6.42 Å². The lowest BCUT2D eigenvalue weighted by atomic mass is 10.1. The maximum absolute atomic E-state index is 11.8. The topological polar surface area (TPSA) is 68.9 Å². The van der Waals surface area contributed by atoms with Gasteiger partial charge in [-0.2, -0.15) is 0 Å². The maximum atomic E-state index is 11.8. The van der Waals surface area contributed by atoms with Gasteiger partial charge in [-0.3, -0.25) is 9.05 Å². The quantitative estimate of drug-likeness (QED) is 0.147. The molecule has 1 aromatic heterocycles. The van der Waals surface area contributed by atoms with Gasteiger partial charge < -0.3 is 9.63 Å². The van der Waals surface area contributed by atoms with Crippen molar-refractivity contribution >= 4 is 7.82 Å². The van der Waals surface area contributed by atoms with E-state index in [4.69, 9.17) is 13.8 Å². The van der Waals surface area contributed by atoms with Gasteiger partial charge in [-0.1, -0.05) is 83.6 Å². The summed E-state index contributed by atoms with van der Waals surface area (Å²) in [6, 6.07) is 5.69. The van der Waals surface area contributed by atoms with E-state index in [0.29, 0.717) is 19.8 Å². The van der Waals surface area contributed by atoms with Crippen LogP contribution in [0.3, 0.4) is 0 Å². The second kappa shape index (κ2) is 18.9. The first-order valence-corrected chi connectivity index (χ1v) is 13.3. The smallest absolute Gasteiger partial charge is 0.379 e. The number of rotatable bonds is 21. The Labute approximate surface area is 183 Å². The van der Waals surface area contributed by atoms with Crippen LogP contribution >= 0.6 is 7.82 Å². The van der Waals surface area contributed by atoms with Crippen LogP contribution in [0.1, 0.15) is 84.0 Å². The number of ether oxygens (including phenoxy) is 1. The van der Waals surface area contributed by atoms with Crippen molar-refractivity contribution in [3.8, 4) is 0 Å². The van der Waals surface area contributed by atoms with Gasteiger partial charge in [-0.25, -0.2) is 9.13 Å². The van der Waals surface area contributed by atoms with Gasteiger partial charge in [0.15, 0.2) is 18.9 Å². The van der Waals surface area contributed by atoms with Crippen LogP contribution in [-0.4, -0.2) is 31.3 Å². The van der Waals surface area contributed by atoms with Crippen molar-refractivity contribution in [2.24, 2.45) is 0 Å². The highest BCUT2D eigenvalue weighted by Gasteiger charge is 2.21. The molecular weight excluding hydrogens is 401 g/mol. The summed E-state index contributed by atoms with van der Waals surface area (Å²) in [5.41, 5.74) is 0. The number of hydrogen-bond acceptors (Lipinski definition) is 4. The highest BCUT2D eigenvalue weighted by Crippen LogP contribution is 2.42. The van der Waals surface area contributed by atoms with E-state index >= 15 is 0 Å². The molecule has 174 valence electrons. The first-order chi connectivity index (χ1) is 14.6. The Hall–Kier alpha value is -0.780. The summed E-state index contributed by atoms with van der Waals surface area (Å²) in [6.07, 6.45) is 19.5. The molecule has 1 aromatic rings. The molecule has 7 heteroatoms. The van der Waals surface area contributed by atoms with Gasteiger partial charge in [0.2, 0.25) is 0 Å². The van der Waals surface area contributed by atoms with Crippen LogP contribution in [0.25, 0.3) is 0 Å². The average molecular weight is 445 g/mol. The Morgan fingerprint density at radius 1 is 0.700 bits per heavy atom. The van der Waals surface area contributed by atoms with Crippen LogP contribution < -0.4 is 4.57 Å². The molecule has 6 nitrogen and oxygen atoms in total. The first-order valence-electron chi connectivity index (χ1n) is 11.8. The van der Waals surface area contributed by atoms with Gasteiger partial charge in [0.1, 0.15) is 6.61 Å². The van der Waals surface area contributed by atoms with Crippen molar-refractivity contribution in [2.45, 2.75) is 90.5 Å². The van der Waals surface area contributed by atoms with Crippen LogP contribution in [-0.2, 0) is 24.9 Å². The molecule has 0 saturated heterocycles. The van der Waals surface area contributed by atoms with Crippen LogP contribution in [0.5, 0.6) is 0 Å². The zero-order valence-corrected chi connectivity index (χ0v) is 19.8. The largest absolute Gasteiger partial charge is 0.472 e. The molecule has 0 saturated carbocycles. The number of unbranched alkanes of at least 4 members (excludes halogenated alkanes) is 11. The molecule has 1 N–H and O–H groups in total. The predicted molar refractivity (Wildman–Crippen MR) is 120 cm³/mol.